The van der Waals surface area contributed by atoms with Crippen LogP contribution in [0.2, 0.25) is 0 Å². The molecule has 1 atom stereocenters. The molecule has 0 aliphatic carbocycles. The van der Waals surface area contributed by atoms with Gasteiger partial charge in [0.15, 0.2) is 5.78 Å². The van der Waals surface area contributed by atoms with Crippen molar-refractivity contribution >= 4 is 29.0 Å². The van der Waals surface area contributed by atoms with Crippen molar-refractivity contribution in [2.24, 2.45) is 5.92 Å². The number of hydrogen-bond acceptors (Lipinski definition) is 3. The lowest BCUT2D eigenvalue weighted by Crippen LogP contribution is -2.28. The van der Waals surface area contributed by atoms with Gasteiger partial charge in [0.05, 0.1) is 5.92 Å². The number of rotatable bonds is 5. The van der Waals surface area contributed by atoms with E-state index in [1.807, 2.05) is 24.3 Å². The Kier molecular flexibility index (Phi) is 5.16. The molecule has 1 unspecified atom stereocenters. The summed E-state index contributed by atoms with van der Waals surface area (Å²) in [5, 5.41) is 2.82. The van der Waals surface area contributed by atoms with Crippen molar-refractivity contribution in [1.29, 1.82) is 0 Å². The molecule has 2 amide bonds. The fraction of sp³-hybridized carbons (Fsp3) is 0.286. The monoisotopic (exact) mass is 350 g/mol. The summed E-state index contributed by atoms with van der Waals surface area (Å²) in [5.74, 6) is -0.711. The molecule has 0 saturated carbocycles. The van der Waals surface area contributed by atoms with Crippen molar-refractivity contribution in [3.63, 3.8) is 0 Å². The van der Waals surface area contributed by atoms with E-state index in [1.165, 1.54) is 6.92 Å². The van der Waals surface area contributed by atoms with Gasteiger partial charge in [-0.15, -0.1) is 0 Å². The molecule has 2 aromatic rings. The van der Waals surface area contributed by atoms with Gasteiger partial charge in [-0.05, 0) is 43.2 Å². The Hall–Kier alpha value is -2.95. The molecule has 1 N–H and O–H groups in total. The fourth-order valence-electron chi connectivity index (χ4n) is 3.14. The van der Waals surface area contributed by atoms with Gasteiger partial charge in [-0.25, -0.2) is 0 Å². The molecule has 0 aromatic heterocycles. The number of amides is 2. The minimum atomic E-state index is -0.409. The van der Waals surface area contributed by atoms with Gasteiger partial charge in [-0.3, -0.25) is 14.4 Å². The third-order valence-electron chi connectivity index (χ3n) is 4.66. The summed E-state index contributed by atoms with van der Waals surface area (Å²) in [7, 11) is 0. The maximum atomic E-state index is 12.6. The molecular weight excluding hydrogens is 328 g/mol. The lowest BCUT2D eigenvalue weighted by Gasteiger charge is -2.17. The van der Waals surface area contributed by atoms with Gasteiger partial charge in [0.2, 0.25) is 11.8 Å². The van der Waals surface area contributed by atoms with Crippen molar-refractivity contribution in [1.82, 2.24) is 0 Å². The van der Waals surface area contributed by atoms with Crippen LogP contribution in [0.15, 0.2) is 48.5 Å². The zero-order valence-electron chi connectivity index (χ0n) is 15.0. The number of ketones is 1. The average Bonchev–Trinajstić information content (AvgIpc) is 3.04. The van der Waals surface area contributed by atoms with E-state index in [2.05, 4.69) is 12.2 Å². The molecule has 3 rings (SSSR count). The van der Waals surface area contributed by atoms with Gasteiger partial charge < -0.3 is 10.2 Å². The highest BCUT2D eigenvalue weighted by Crippen LogP contribution is 2.27. The number of benzene rings is 2. The first-order chi connectivity index (χ1) is 12.5. The summed E-state index contributed by atoms with van der Waals surface area (Å²) in [5.41, 5.74) is 3.11. The van der Waals surface area contributed by atoms with Crippen LogP contribution in [-0.2, 0) is 16.0 Å². The average molecular weight is 350 g/mol. The number of carbonyl (C=O) groups excluding carboxylic acids is 3. The van der Waals surface area contributed by atoms with E-state index >= 15 is 0 Å². The maximum absolute atomic E-state index is 12.6. The lowest BCUT2D eigenvalue weighted by molar-refractivity contribution is -0.122. The molecule has 134 valence electrons. The number of aryl methyl sites for hydroxylation is 1. The lowest BCUT2D eigenvalue weighted by atomic mass is 10.1. The Morgan fingerprint density at radius 3 is 2.65 bits per heavy atom. The summed E-state index contributed by atoms with van der Waals surface area (Å²) >= 11 is 0. The van der Waals surface area contributed by atoms with Crippen molar-refractivity contribution in [3.8, 4) is 0 Å². The third kappa shape index (κ3) is 3.82. The number of carbonyl (C=O) groups is 3. The molecule has 5 heteroatoms. The predicted molar refractivity (Wildman–Crippen MR) is 101 cm³/mol. The molecule has 2 aromatic carbocycles. The second-order valence-electron chi connectivity index (χ2n) is 6.56. The number of Topliss-reactive ketones (excluding diaryl/α,β-unsaturated/α-hetero) is 1. The van der Waals surface area contributed by atoms with Gasteiger partial charge in [0.25, 0.3) is 0 Å². The van der Waals surface area contributed by atoms with Crippen LogP contribution in [0.1, 0.15) is 36.2 Å². The third-order valence-corrected chi connectivity index (χ3v) is 4.66. The van der Waals surface area contributed by atoms with E-state index in [1.54, 1.807) is 29.2 Å². The standard InChI is InChI=1S/C21H22N2O3/c1-3-15-6-4-9-19(10-15)23-13-17(12-20(23)25)21(26)22-18-8-5-7-16(11-18)14(2)24/h4-11,17H,3,12-13H2,1-2H3,(H,22,26). The maximum Gasteiger partial charge on any atom is 0.229 e. The van der Waals surface area contributed by atoms with E-state index in [4.69, 9.17) is 0 Å². The predicted octanol–water partition coefficient (Wildman–Crippen LogP) is 3.44. The first kappa shape index (κ1) is 17.9. The molecule has 1 aliphatic rings. The first-order valence-electron chi connectivity index (χ1n) is 8.79. The summed E-state index contributed by atoms with van der Waals surface area (Å²) in [6.45, 7) is 3.92. The van der Waals surface area contributed by atoms with Crippen LogP contribution in [0, 0.1) is 5.92 Å². The largest absolute Gasteiger partial charge is 0.326 e. The Labute approximate surface area is 153 Å². The summed E-state index contributed by atoms with van der Waals surface area (Å²) in [6, 6.07) is 14.7. The summed E-state index contributed by atoms with van der Waals surface area (Å²) in [6.07, 6.45) is 1.08. The molecule has 1 aliphatic heterocycles. The molecule has 0 radical (unpaired) electrons. The van der Waals surface area contributed by atoms with Crippen LogP contribution in [0.5, 0.6) is 0 Å². The highest BCUT2D eigenvalue weighted by Gasteiger charge is 2.35. The highest BCUT2D eigenvalue weighted by atomic mass is 16.2. The van der Waals surface area contributed by atoms with Crippen molar-refractivity contribution in [2.45, 2.75) is 26.7 Å². The molecule has 26 heavy (non-hydrogen) atoms. The van der Waals surface area contributed by atoms with Gasteiger partial charge in [-0.1, -0.05) is 31.2 Å². The van der Waals surface area contributed by atoms with Crippen LogP contribution in [0.3, 0.4) is 0 Å². The van der Waals surface area contributed by atoms with Crippen LogP contribution in [0.25, 0.3) is 0 Å². The van der Waals surface area contributed by atoms with Crippen LogP contribution < -0.4 is 10.2 Å². The Balaban J connectivity index is 1.71. The molecule has 0 spiro atoms. The molecule has 0 bridgehead atoms. The Morgan fingerprint density at radius 2 is 1.92 bits per heavy atom. The van der Waals surface area contributed by atoms with Gasteiger partial charge >= 0.3 is 0 Å². The number of anilines is 2. The van der Waals surface area contributed by atoms with Gasteiger partial charge in [0.1, 0.15) is 0 Å². The second kappa shape index (κ2) is 7.52. The van der Waals surface area contributed by atoms with Crippen LogP contribution >= 0.6 is 0 Å². The van der Waals surface area contributed by atoms with E-state index < -0.39 is 5.92 Å². The number of nitrogens with zero attached hydrogens (tertiary/aromatic N) is 1. The van der Waals surface area contributed by atoms with Crippen LogP contribution in [0.4, 0.5) is 11.4 Å². The first-order valence-corrected chi connectivity index (χ1v) is 8.79. The van der Waals surface area contributed by atoms with Gasteiger partial charge in [-0.2, -0.15) is 0 Å². The zero-order valence-corrected chi connectivity index (χ0v) is 15.0. The van der Waals surface area contributed by atoms with E-state index in [9.17, 15) is 14.4 Å². The minimum Gasteiger partial charge on any atom is -0.326 e. The quantitative estimate of drug-likeness (QED) is 0.840. The normalized spacial score (nSPS) is 16.6. The van der Waals surface area contributed by atoms with Crippen molar-refractivity contribution in [3.05, 3.63) is 59.7 Å². The Bertz CT molecular complexity index is 860. The van der Waals surface area contributed by atoms with Crippen LogP contribution in [-0.4, -0.2) is 24.1 Å². The zero-order chi connectivity index (χ0) is 18.7. The smallest absolute Gasteiger partial charge is 0.229 e. The molecular formula is C21H22N2O3. The minimum absolute atomic E-state index is 0.0455. The van der Waals surface area contributed by atoms with E-state index in [0.717, 1.165) is 17.7 Å². The molecule has 1 fully saturated rings. The SMILES string of the molecule is CCc1cccc(N2CC(C(=O)Nc3cccc(C(C)=O)c3)CC2=O)c1. The summed E-state index contributed by atoms with van der Waals surface area (Å²) in [4.78, 5) is 38.1. The van der Waals surface area contributed by atoms with E-state index in [0.29, 0.717) is 17.8 Å². The van der Waals surface area contributed by atoms with Gasteiger partial charge in [0, 0.05) is 29.9 Å². The topological polar surface area (TPSA) is 66.5 Å². The Morgan fingerprint density at radius 1 is 1.15 bits per heavy atom. The highest BCUT2D eigenvalue weighted by molar-refractivity contribution is 6.04. The number of hydrogen-bond donors (Lipinski definition) is 1. The van der Waals surface area contributed by atoms with Crippen molar-refractivity contribution < 1.29 is 14.4 Å². The fourth-order valence-corrected chi connectivity index (χ4v) is 3.14. The second-order valence-corrected chi connectivity index (χ2v) is 6.56. The van der Waals surface area contributed by atoms with Crippen molar-refractivity contribution in [2.75, 3.05) is 16.8 Å². The summed E-state index contributed by atoms with van der Waals surface area (Å²) < 4.78 is 0. The number of nitrogens with one attached hydrogen (secondary N) is 1. The molecule has 1 saturated heterocycles. The molecule has 1 heterocycles. The van der Waals surface area contributed by atoms with E-state index in [-0.39, 0.29) is 24.0 Å². The molecule has 5 nitrogen and oxygen atoms in total.